The predicted molar refractivity (Wildman–Crippen MR) is 119 cm³/mol. The Morgan fingerprint density at radius 1 is 1.06 bits per heavy atom. The summed E-state index contributed by atoms with van der Waals surface area (Å²) in [6, 6.07) is 4.61. The Morgan fingerprint density at radius 2 is 1.94 bits per heavy atom. The maximum absolute atomic E-state index is 9.33. The van der Waals surface area contributed by atoms with Crippen LogP contribution in [0.25, 0.3) is 22.3 Å². The predicted octanol–water partition coefficient (Wildman–Crippen LogP) is 3.33. The van der Waals surface area contributed by atoms with Crippen molar-refractivity contribution < 1.29 is 0 Å². The van der Waals surface area contributed by atoms with E-state index in [1.54, 1.807) is 4.90 Å². The molecule has 4 heterocycles. The Bertz CT molecular complexity index is 1090. The Hall–Kier alpha value is -3.41. The van der Waals surface area contributed by atoms with Crippen LogP contribution in [0.5, 0.6) is 0 Å². The van der Waals surface area contributed by atoms with Gasteiger partial charge in [-0.25, -0.2) is 19.6 Å². The van der Waals surface area contributed by atoms with Crippen LogP contribution in [0.1, 0.15) is 51.0 Å². The molecule has 1 saturated heterocycles. The third-order valence-corrected chi connectivity index (χ3v) is 6.40. The molecule has 5 rings (SSSR count). The number of nitriles is 1. The number of hydrogen-bond donors (Lipinski definition) is 2. The topological polar surface area (TPSA) is 122 Å². The molecule has 1 aliphatic heterocycles. The van der Waals surface area contributed by atoms with E-state index in [1.165, 1.54) is 38.4 Å². The van der Waals surface area contributed by atoms with Gasteiger partial charge in [-0.15, -0.1) is 0 Å². The molecule has 0 radical (unpaired) electrons. The average Bonchev–Trinajstić information content (AvgIpc) is 3.21. The summed E-state index contributed by atoms with van der Waals surface area (Å²) in [5.41, 5.74) is 8.57. The standard InChI is InChI=1S/C22H27N9/c23-13-30-10-4-7-17(12-30)31-22-19(21(24)26-14-27-22)20(29-31)15-8-9-18(25-11-15)28-16-5-2-1-3-6-16/h8-9,11,14,16-17H,1-7,10,12H2,(H,25,28)(H2,24,26,27)/t17-/m1/s1. The molecule has 0 bridgehead atoms. The van der Waals surface area contributed by atoms with Crippen molar-refractivity contribution in [3.63, 3.8) is 0 Å². The van der Waals surface area contributed by atoms with Gasteiger partial charge in [-0.2, -0.15) is 10.4 Å². The van der Waals surface area contributed by atoms with Gasteiger partial charge >= 0.3 is 0 Å². The average molecular weight is 418 g/mol. The lowest BCUT2D eigenvalue weighted by molar-refractivity contribution is 0.236. The van der Waals surface area contributed by atoms with Crippen LogP contribution in [-0.2, 0) is 0 Å². The molecule has 3 N–H and O–H groups in total. The molecule has 1 aliphatic carbocycles. The maximum Gasteiger partial charge on any atom is 0.179 e. The highest BCUT2D eigenvalue weighted by atomic mass is 15.3. The van der Waals surface area contributed by atoms with E-state index in [9.17, 15) is 5.26 Å². The first-order chi connectivity index (χ1) is 15.2. The summed E-state index contributed by atoms with van der Waals surface area (Å²) in [4.78, 5) is 15.1. The molecule has 1 saturated carbocycles. The van der Waals surface area contributed by atoms with Crippen LogP contribution in [0, 0.1) is 11.5 Å². The van der Waals surface area contributed by atoms with Crippen molar-refractivity contribution in [2.45, 2.75) is 57.0 Å². The zero-order chi connectivity index (χ0) is 21.2. The minimum Gasteiger partial charge on any atom is -0.383 e. The monoisotopic (exact) mass is 417 g/mol. The molecule has 2 fully saturated rings. The van der Waals surface area contributed by atoms with Gasteiger partial charge in [-0.3, -0.25) is 0 Å². The van der Waals surface area contributed by atoms with E-state index in [0.717, 1.165) is 41.8 Å². The van der Waals surface area contributed by atoms with Crippen molar-refractivity contribution in [1.82, 2.24) is 29.6 Å². The van der Waals surface area contributed by atoms with Crippen LogP contribution in [0.4, 0.5) is 11.6 Å². The summed E-state index contributed by atoms with van der Waals surface area (Å²) in [6.07, 6.45) is 13.8. The molecular formula is C22H27N9. The molecule has 2 aliphatic rings. The number of anilines is 2. The lowest BCUT2D eigenvalue weighted by Crippen LogP contribution is -2.33. The molecule has 160 valence electrons. The number of nitrogen functional groups attached to an aromatic ring is 1. The number of pyridine rings is 1. The highest BCUT2D eigenvalue weighted by Gasteiger charge is 2.26. The number of nitrogens with two attached hydrogens (primary N) is 1. The van der Waals surface area contributed by atoms with Crippen LogP contribution in [0.2, 0.25) is 0 Å². The van der Waals surface area contributed by atoms with Crippen molar-refractivity contribution >= 4 is 22.7 Å². The van der Waals surface area contributed by atoms with Crippen LogP contribution >= 0.6 is 0 Å². The van der Waals surface area contributed by atoms with Gasteiger partial charge < -0.3 is 16.0 Å². The van der Waals surface area contributed by atoms with E-state index in [0.29, 0.717) is 24.1 Å². The highest BCUT2D eigenvalue weighted by molar-refractivity contribution is 5.98. The summed E-state index contributed by atoms with van der Waals surface area (Å²) in [6.45, 7) is 1.41. The van der Waals surface area contributed by atoms with Gasteiger partial charge in [0.05, 0.1) is 18.0 Å². The first kappa shape index (κ1) is 19.5. The minimum atomic E-state index is 0.0687. The van der Waals surface area contributed by atoms with E-state index in [-0.39, 0.29) is 6.04 Å². The van der Waals surface area contributed by atoms with Gasteiger partial charge in [0.2, 0.25) is 0 Å². The molecule has 3 aromatic heterocycles. The molecule has 0 spiro atoms. The molecule has 0 unspecified atom stereocenters. The molecule has 31 heavy (non-hydrogen) atoms. The SMILES string of the molecule is N#CN1CCC[C@@H](n2nc(-c3ccc(NC4CCCCC4)nc3)c3c(N)ncnc32)C1. The van der Waals surface area contributed by atoms with Gasteiger partial charge in [0.1, 0.15) is 23.7 Å². The number of piperidine rings is 1. The van der Waals surface area contributed by atoms with Crippen molar-refractivity contribution in [2.75, 3.05) is 24.1 Å². The van der Waals surface area contributed by atoms with Gasteiger partial charge in [-0.05, 0) is 37.8 Å². The Morgan fingerprint density at radius 3 is 2.71 bits per heavy atom. The number of aromatic nitrogens is 5. The fraction of sp³-hybridized carbons (Fsp3) is 0.500. The van der Waals surface area contributed by atoms with Gasteiger partial charge in [0.25, 0.3) is 0 Å². The molecule has 9 heteroatoms. The Balaban J connectivity index is 1.47. The largest absolute Gasteiger partial charge is 0.383 e. The fourth-order valence-electron chi connectivity index (χ4n) is 4.77. The second-order valence-corrected chi connectivity index (χ2v) is 8.50. The van der Waals surface area contributed by atoms with E-state index >= 15 is 0 Å². The molecule has 3 aromatic rings. The summed E-state index contributed by atoms with van der Waals surface area (Å²) in [7, 11) is 0. The van der Waals surface area contributed by atoms with Gasteiger partial charge in [0.15, 0.2) is 11.8 Å². The van der Waals surface area contributed by atoms with Crippen molar-refractivity contribution in [2.24, 2.45) is 0 Å². The van der Waals surface area contributed by atoms with Gasteiger partial charge in [0, 0.05) is 24.3 Å². The third kappa shape index (κ3) is 3.85. The quantitative estimate of drug-likeness (QED) is 0.620. The molecular weight excluding hydrogens is 390 g/mol. The first-order valence-electron chi connectivity index (χ1n) is 11.1. The highest BCUT2D eigenvalue weighted by Crippen LogP contribution is 2.33. The number of nitrogens with one attached hydrogen (secondary N) is 1. The zero-order valence-corrected chi connectivity index (χ0v) is 17.5. The second-order valence-electron chi connectivity index (χ2n) is 8.50. The van der Waals surface area contributed by atoms with E-state index in [2.05, 4.69) is 26.5 Å². The Labute approximate surface area is 181 Å². The van der Waals surface area contributed by atoms with Crippen LogP contribution in [0.15, 0.2) is 24.7 Å². The second kappa shape index (κ2) is 8.38. The molecule has 0 amide bonds. The third-order valence-electron chi connectivity index (χ3n) is 6.40. The first-order valence-corrected chi connectivity index (χ1v) is 11.1. The van der Waals surface area contributed by atoms with Crippen LogP contribution in [-0.4, -0.2) is 48.8 Å². The fourth-order valence-corrected chi connectivity index (χ4v) is 4.77. The molecule has 1 atom stereocenters. The summed E-state index contributed by atoms with van der Waals surface area (Å²) in [5.74, 6) is 1.30. The normalized spacial score (nSPS) is 20.0. The van der Waals surface area contributed by atoms with Gasteiger partial charge in [-0.1, -0.05) is 19.3 Å². The minimum absolute atomic E-state index is 0.0687. The van der Waals surface area contributed by atoms with E-state index in [4.69, 9.17) is 10.8 Å². The van der Waals surface area contributed by atoms with Crippen LogP contribution in [0.3, 0.4) is 0 Å². The number of rotatable bonds is 4. The maximum atomic E-state index is 9.33. The number of fused-ring (bicyclic) bond motifs is 1. The summed E-state index contributed by atoms with van der Waals surface area (Å²) < 4.78 is 1.92. The lowest BCUT2D eigenvalue weighted by atomic mass is 9.95. The lowest BCUT2D eigenvalue weighted by Gasteiger charge is -2.28. The zero-order valence-electron chi connectivity index (χ0n) is 17.5. The Kier molecular flexibility index (Phi) is 5.28. The van der Waals surface area contributed by atoms with E-state index < -0.39 is 0 Å². The molecule has 9 nitrogen and oxygen atoms in total. The summed E-state index contributed by atoms with van der Waals surface area (Å²) >= 11 is 0. The number of likely N-dealkylation sites (tertiary alicyclic amines) is 1. The van der Waals surface area contributed by atoms with Crippen molar-refractivity contribution in [3.8, 4) is 17.5 Å². The molecule has 0 aromatic carbocycles. The van der Waals surface area contributed by atoms with Crippen LogP contribution < -0.4 is 11.1 Å². The van der Waals surface area contributed by atoms with E-state index in [1.807, 2.05) is 23.0 Å². The van der Waals surface area contributed by atoms with Crippen molar-refractivity contribution in [3.05, 3.63) is 24.7 Å². The number of hydrogen-bond acceptors (Lipinski definition) is 8. The summed E-state index contributed by atoms with van der Waals surface area (Å²) in [5, 5.41) is 18.5. The van der Waals surface area contributed by atoms with Crippen molar-refractivity contribution in [1.29, 1.82) is 5.26 Å². The number of nitrogens with zero attached hydrogens (tertiary/aromatic N) is 7. The smallest absolute Gasteiger partial charge is 0.179 e.